The number of carbonyl (C=O) groups excluding carboxylic acids is 1. The molecule has 1 unspecified atom stereocenters. The first-order chi connectivity index (χ1) is 18.1. The minimum absolute atomic E-state index is 0.000171. The van der Waals surface area contributed by atoms with Gasteiger partial charge in [0, 0.05) is 45.8 Å². The zero-order chi connectivity index (χ0) is 28.6. The maximum atomic E-state index is 13.9. The Labute approximate surface area is 229 Å². The van der Waals surface area contributed by atoms with Crippen molar-refractivity contribution in [3.63, 3.8) is 0 Å². The third-order valence-corrected chi connectivity index (χ3v) is 10.0. The van der Waals surface area contributed by atoms with Crippen molar-refractivity contribution in [3.05, 3.63) is 11.9 Å². The fourth-order valence-electron chi connectivity index (χ4n) is 5.94. The van der Waals surface area contributed by atoms with Gasteiger partial charge in [-0.3, -0.25) is 0 Å². The second-order valence-electron chi connectivity index (χ2n) is 12.3. The smallest absolute Gasteiger partial charge is 0.444 e. The van der Waals surface area contributed by atoms with Gasteiger partial charge in [0.25, 0.3) is 0 Å². The van der Waals surface area contributed by atoms with E-state index in [0.717, 1.165) is 38.5 Å². The number of nitrogens with zero attached hydrogens (tertiary/aromatic N) is 5. The Morgan fingerprint density at radius 2 is 1.77 bits per heavy atom. The second kappa shape index (κ2) is 10.9. The number of hydrogen-bond donors (Lipinski definition) is 0. The van der Waals surface area contributed by atoms with E-state index in [4.69, 9.17) is 4.74 Å². The molecule has 9 nitrogen and oxygen atoms in total. The van der Waals surface area contributed by atoms with Gasteiger partial charge in [0.2, 0.25) is 5.82 Å². The molecule has 1 spiro atoms. The minimum atomic E-state index is -4.76. The Balaban J connectivity index is 1.57. The van der Waals surface area contributed by atoms with Crippen LogP contribution in [0.5, 0.6) is 0 Å². The number of aromatic nitrogens is 2. The normalized spacial score (nSPS) is 23.5. The summed E-state index contributed by atoms with van der Waals surface area (Å²) in [6.07, 6.45) is 2.19. The van der Waals surface area contributed by atoms with Crippen molar-refractivity contribution in [2.75, 3.05) is 55.3 Å². The van der Waals surface area contributed by atoms with E-state index in [0.29, 0.717) is 13.1 Å². The van der Waals surface area contributed by atoms with Crippen molar-refractivity contribution in [2.45, 2.75) is 82.7 Å². The number of halogens is 3. The number of sulfone groups is 1. The first-order valence-corrected chi connectivity index (χ1v) is 15.4. The van der Waals surface area contributed by atoms with E-state index in [-0.39, 0.29) is 42.4 Å². The van der Waals surface area contributed by atoms with Gasteiger partial charge in [-0.25, -0.2) is 23.2 Å². The molecule has 1 aromatic rings. The molecule has 1 amide bonds. The predicted octanol–water partition coefficient (Wildman–Crippen LogP) is 4.52. The van der Waals surface area contributed by atoms with E-state index < -0.39 is 38.8 Å². The van der Waals surface area contributed by atoms with Crippen LogP contribution in [0.1, 0.15) is 71.5 Å². The van der Waals surface area contributed by atoms with E-state index in [9.17, 15) is 26.4 Å². The number of carbonyl (C=O) groups is 1. The van der Waals surface area contributed by atoms with Gasteiger partial charge in [-0.2, -0.15) is 13.2 Å². The van der Waals surface area contributed by atoms with Crippen LogP contribution in [-0.2, 0) is 20.8 Å². The highest BCUT2D eigenvalue weighted by molar-refractivity contribution is 7.92. The summed E-state index contributed by atoms with van der Waals surface area (Å²) in [4.78, 5) is 25.0. The highest BCUT2D eigenvalue weighted by Crippen LogP contribution is 2.44. The first-order valence-electron chi connectivity index (χ1n) is 13.7. The number of alkyl halides is 3. The van der Waals surface area contributed by atoms with E-state index in [1.807, 2.05) is 4.90 Å². The summed E-state index contributed by atoms with van der Waals surface area (Å²) in [7, 11) is -2.07. The maximum Gasteiger partial charge on any atom is 0.451 e. The van der Waals surface area contributed by atoms with Crippen LogP contribution in [0.3, 0.4) is 0 Å². The minimum Gasteiger partial charge on any atom is -0.444 e. The molecular weight excluding hydrogens is 535 g/mol. The summed E-state index contributed by atoms with van der Waals surface area (Å²) in [6, 6.07) is 1.53. The molecule has 0 N–H and O–H groups in total. The molecule has 3 heterocycles. The standard InChI is InChI=1S/C26H40F3N5O4S/c1-24(2,3)38-23(35)33-13-14-39(36,37)19(17-33)16-32(4)20-15-21(31-22(30-20)26(27,28)29)34-12-8-11-25(18-34)9-6-5-7-10-25/h15,19H,5-14,16-18H2,1-4H3. The van der Waals surface area contributed by atoms with Gasteiger partial charge >= 0.3 is 12.3 Å². The van der Waals surface area contributed by atoms with Gasteiger partial charge in [-0.05, 0) is 51.9 Å². The van der Waals surface area contributed by atoms with Crippen LogP contribution in [0, 0.1) is 5.41 Å². The number of ether oxygens (including phenoxy) is 1. The van der Waals surface area contributed by atoms with Gasteiger partial charge < -0.3 is 19.4 Å². The molecule has 4 rings (SSSR count). The Bertz CT molecular complexity index is 1140. The zero-order valence-corrected chi connectivity index (χ0v) is 24.1. The van der Waals surface area contributed by atoms with Gasteiger partial charge in [-0.15, -0.1) is 0 Å². The number of anilines is 2. The lowest BCUT2D eigenvalue weighted by molar-refractivity contribution is -0.144. The molecule has 220 valence electrons. The fraction of sp³-hybridized carbons (Fsp3) is 0.808. The molecule has 3 aliphatic rings. The molecule has 1 aromatic heterocycles. The van der Waals surface area contributed by atoms with Crippen LogP contribution < -0.4 is 9.80 Å². The van der Waals surface area contributed by atoms with E-state index >= 15 is 0 Å². The van der Waals surface area contributed by atoms with Crippen LogP contribution in [0.25, 0.3) is 0 Å². The van der Waals surface area contributed by atoms with Crippen molar-refractivity contribution < 1.29 is 31.1 Å². The highest BCUT2D eigenvalue weighted by Gasteiger charge is 2.41. The molecule has 2 saturated heterocycles. The molecular formula is C26H40F3N5O4S. The summed E-state index contributed by atoms with van der Waals surface area (Å²) in [5.41, 5.74) is -0.636. The van der Waals surface area contributed by atoms with Crippen molar-refractivity contribution in [1.82, 2.24) is 14.9 Å². The SMILES string of the molecule is CN(CC1CN(C(=O)OC(C)(C)C)CCS1(=O)=O)c1cc(N2CCCC3(CCCCC3)C2)nc(C(F)(F)F)n1. The van der Waals surface area contributed by atoms with Gasteiger partial charge in [0.15, 0.2) is 9.84 Å². The average molecular weight is 576 g/mol. The lowest BCUT2D eigenvalue weighted by Crippen LogP contribution is -2.53. The third kappa shape index (κ3) is 7.26. The summed E-state index contributed by atoms with van der Waals surface area (Å²) in [5, 5.41) is -1.00. The maximum absolute atomic E-state index is 13.9. The predicted molar refractivity (Wildman–Crippen MR) is 143 cm³/mol. The van der Waals surface area contributed by atoms with Crippen LogP contribution in [0.2, 0.25) is 0 Å². The average Bonchev–Trinajstić information content (AvgIpc) is 2.84. The van der Waals surface area contributed by atoms with Crippen molar-refractivity contribution in [1.29, 1.82) is 0 Å². The quantitative estimate of drug-likeness (QED) is 0.517. The largest absolute Gasteiger partial charge is 0.451 e. The summed E-state index contributed by atoms with van der Waals surface area (Å²) >= 11 is 0. The van der Waals surface area contributed by atoms with Gasteiger partial charge in [-0.1, -0.05) is 19.3 Å². The van der Waals surface area contributed by atoms with Crippen molar-refractivity contribution in [3.8, 4) is 0 Å². The molecule has 3 fully saturated rings. The zero-order valence-electron chi connectivity index (χ0n) is 23.3. The topological polar surface area (TPSA) is 95.9 Å². The lowest BCUT2D eigenvalue weighted by atomic mass is 9.69. The molecule has 0 bridgehead atoms. The number of rotatable bonds is 4. The first kappa shape index (κ1) is 29.7. The Kier molecular flexibility index (Phi) is 8.31. The molecule has 1 saturated carbocycles. The van der Waals surface area contributed by atoms with Gasteiger partial charge in [0.1, 0.15) is 17.2 Å². The molecule has 0 aromatic carbocycles. The van der Waals surface area contributed by atoms with Gasteiger partial charge in [0.05, 0.1) is 11.0 Å². The second-order valence-corrected chi connectivity index (χ2v) is 14.7. The van der Waals surface area contributed by atoms with Crippen LogP contribution >= 0.6 is 0 Å². The monoisotopic (exact) mass is 575 g/mol. The van der Waals surface area contributed by atoms with Crippen LogP contribution in [-0.4, -0.2) is 85.8 Å². The number of hydrogen-bond acceptors (Lipinski definition) is 8. The molecule has 39 heavy (non-hydrogen) atoms. The van der Waals surface area contributed by atoms with Crippen LogP contribution in [0.4, 0.5) is 29.6 Å². The Morgan fingerprint density at radius 3 is 2.41 bits per heavy atom. The molecule has 13 heteroatoms. The lowest BCUT2D eigenvalue weighted by Gasteiger charge is -2.46. The molecule has 1 atom stereocenters. The van der Waals surface area contributed by atoms with E-state index in [1.54, 1.807) is 20.8 Å². The third-order valence-electron chi connectivity index (χ3n) is 7.95. The summed E-state index contributed by atoms with van der Waals surface area (Å²) in [5.74, 6) is -1.28. The highest BCUT2D eigenvalue weighted by atomic mass is 32.2. The number of piperidine rings is 1. The molecule has 2 aliphatic heterocycles. The Morgan fingerprint density at radius 1 is 1.10 bits per heavy atom. The fourth-order valence-corrected chi connectivity index (χ4v) is 7.60. The van der Waals surface area contributed by atoms with Crippen molar-refractivity contribution in [2.24, 2.45) is 5.41 Å². The summed E-state index contributed by atoms with van der Waals surface area (Å²) < 4.78 is 72.8. The van der Waals surface area contributed by atoms with Crippen LogP contribution in [0.15, 0.2) is 6.07 Å². The van der Waals surface area contributed by atoms with E-state index in [1.165, 1.54) is 29.3 Å². The van der Waals surface area contributed by atoms with Crippen molar-refractivity contribution >= 4 is 27.6 Å². The Hall–Kier alpha value is -2.31. The molecule has 0 radical (unpaired) electrons. The number of amides is 1. The molecule has 1 aliphatic carbocycles. The summed E-state index contributed by atoms with van der Waals surface area (Å²) in [6.45, 7) is 6.21. The van der Waals surface area contributed by atoms with E-state index in [2.05, 4.69) is 9.97 Å².